The third kappa shape index (κ3) is 2.33. The topological polar surface area (TPSA) is 22.8 Å². The maximum absolute atomic E-state index is 4.51. The summed E-state index contributed by atoms with van der Waals surface area (Å²) in [6, 6.07) is 34.4. The average molecular weight is 409 g/mol. The van der Waals surface area contributed by atoms with Crippen LogP contribution < -0.4 is 0 Å². The Hall–Kier alpha value is -4.37. The normalized spacial score (nSPS) is 11.8. The zero-order valence-electron chi connectivity index (χ0n) is 17.3. The number of pyridine rings is 1. The number of hydrogen-bond acceptors (Lipinski definition) is 1. The van der Waals surface area contributed by atoms with Crippen LogP contribution in [0.3, 0.4) is 0 Å². The van der Waals surface area contributed by atoms with Gasteiger partial charge < -0.3 is 9.13 Å². The highest BCUT2D eigenvalue weighted by Crippen LogP contribution is 2.38. The molecule has 0 aliphatic carbocycles. The van der Waals surface area contributed by atoms with E-state index in [9.17, 15) is 0 Å². The molecule has 0 unspecified atom stereocenters. The highest BCUT2D eigenvalue weighted by atomic mass is 15.0. The molecule has 0 N–H and O–H groups in total. The molecule has 3 nitrogen and oxygen atoms in total. The number of fused-ring (bicyclic) bond motifs is 6. The van der Waals surface area contributed by atoms with E-state index in [1.807, 2.05) is 12.4 Å². The van der Waals surface area contributed by atoms with Gasteiger partial charge in [0.05, 0.1) is 28.4 Å². The summed E-state index contributed by atoms with van der Waals surface area (Å²) in [6.07, 6.45) is 6.05. The molecule has 0 saturated heterocycles. The Bertz CT molecular complexity index is 1770. The SMILES string of the molecule is c1ccc(-n2c3ccccc3c3c4ccn(-c5cncc6ccccc56)c4ccc32)cc1. The van der Waals surface area contributed by atoms with E-state index >= 15 is 0 Å². The van der Waals surface area contributed by atoms with Crippen LogP contribution >= 0.6 is 0 Å². The quantitative estimate of drug-likeness (QED) is 0.294. The largest absolute Gasteiger partial charge is 0.314 e. The van der Waals surface area contributed by atoms with Gasteiger partial charge in [0.2, 0.25) is 0 Å². The van der Waals surface area contributed by atoms with Crippen molar-refractivity contribution in [3.05, 3.63) is 116 Å². The molecular formula is C29H19N3. The van der Waals surface area contributed by atoms with Crippen LogP contribution in [0.1, 0.15) is 0 Å². The monoisotopic (exact) mass is 409 g/mol. The molecule has 0 spiro atoms. The van der Waals surface area contributed by atoms with Crippen molar-refractivity contribution in [3.8, 4) is 11.4 Å². The second kappa shape index (κ2) is 6.56. The highest BCUT2D eigenvalue weighted by Gasteiger charge is 2.16. The first kappa shape index (κ1) is 17.3. The van der Waals surface area contributed by atoms with E-state index in [1.54, 1.807) is 0 Å². The van der Waals surface area contributed by atoms with E-state index in [0.29, 0.717) is 0 Å². The molecule has 3 heteroatoms. The van der Waals surface area contributed by atoms with Gasteiger partial charge in [-0.05, 0) is 36.4 Å². The lowest BCUT2D eigenvalue weighted by Crippen LogP contribution is -1.95. The fraction of sp³-hybridized carbons (Fsp3) is 0. The van der Waals surface area contributed by atoms with Gasteiger partial charge in [-0.15, -0.1) is 0 Å². The van der Waals surface area contributed by atoms with Crippen LogP contribution in [0.4, 0.5) is 0 Å². The smallest absolute Gasteiger partial charge is 0.0718 e. The van der Waals surface area contributed by atoms with Gasteiger partial charge in [-0.1, -0.05) is 60.7 Å². The molecule has 0 radical (unpaired) electrons. The molecule has 0 fully saturated rings. The van der Waals surface area contributed by atoms with Crippen LogP contribution in [0.5, 0.6) is 0 Å². The Labute approximate surface area is 184 Å². The van der Waals surface area contributed by atoms with Crippen LogP contribution in [-0.4, -0.2) is 14.1 Å². The number of aromatic nitrogens is 3. The lowest BCUT2D eigenvalue weighted by Gasteiger charge is -2.10. The summed E-state index contributed by atoms with van der Waals surface area (Å²) in [5.74, 6) is 0. The zero-order chi connectivity index (χ0) is 21.1. The summed E-state index contributed by atoms with van der Waals surface area (Å²) < 4.78 is 4.62. The van der Waals surface area contributed by atoms with Crippen LogP contribution in [0.15, 0.2) is 116 Å². The molecule has 7 aromatic rings. The maximum atomic E-state index is 4.51. The van der Waals surface area contributed by atoms with Crippen molar-refractivity contribution in [2.75, 3.05) is 0 Å². The summed E-state index contributed by atoms with van der Waals surface area (Å²) in [4.78, 5) is 4.51. The second-order valence-corrected chi connectivity index (χ2v) is 8.15. The maximum Gasteiger partial charge on any atom is 0.0718 e. The minimum Gasteiger partial charge on any atom is -0.314 e. The fourth-order valence-electron chi connectivity index (χ4n) is 5.04. The van der Waals surface area contributed by atoms with E-state index in [0.717, 1.165) is 11.1 Å². The van der Waals surface area contributed by atoms with Gasteiger partial charge in [0, 0.05) is 45.0 Å². The van der Waals surface area contributed by atoms with Gasteiger partial charge in [0.1, 0.15) is 0 Å². The van der Waals surface area contributed by atoms with Crippen molar-refractivity contribution in [1.29, 1.82) is 0 Å². The first-order valence-electron chi connectivity index (χ1n) is 10.8. The Morgan fingerprint density at radius 3 is 2.16 bits per heavy atom. The van der Waals surface area contributed by atoms with Crippen LogP contribution in [-0.2, 0) is 0 Å². The van der Waals surface area contributed by atoms with Crippen LogP contribution in [0, 0.1) is 0 Å². The standard InChI is InChI=1S/C29H19N3/c1-2-9-21(10-3-1)32-26-13-7-6-12-23(26)29-24-16-17-31(25(24)14-15-27(29)32)28-19-30-18-20-8-4-5-11-22(20)28/h1-19H. The summed E-state index contributed by atoms with van der Waals surface area (Å²) in [5, 5.41) is 6.15. The lowest BCUT2D eigenvalue weighted by molar-refractivity contribution is 1.12. The van der Waals surface area contributed by atoms with Crippen molar-refractivity contribution in [2.24, 2.45) is 0 Å². The summed E-state index contributed by atoms with van der Waals surface area (Å²) >= 11 is 0. The van der Waals surface area contributed by atoms with Crippen molar-refractivity contribution in [3.63, 3.8) is 0 Å². The minimum absolute atomic E-state index is 1.10. The molecule has 0 bridgehead atoms. The molecule has 4 aromatic carbocycles. The average Bonchev–Trinajstić information content (AvgIpc) is 3.43. The molecule has 32 heavy (non-hydrogen) atoms. The molecule has 0 saturated carbocycles. The molecule has 3 heterocycles. The number of rotatable bonds is 2. The third-order valence-corrected chi connectivity index (χ3v) is 6.43. The second-order valence-electron chi connectivity index (χ2n) is 8.15. The van der Waals surface area contributed by atoms with E-state index in [2.05, 4.69) is 117 Å². The van der Waals surface area contributed by atoms with Gasteiger partial charge in [-0.25, -0.2) is 0 Å². The zero-order valence-corrected chi connectivity index (χ0v) is 17.3. The van der Waals surface area contributed by atoms with E-state index in [4.69, 9.17) is 0 Å². The van der Waals surface area contributed by atoms with Crippen molar-refractivity contribution >= 4 is 43.5 Å². The Kier molecular flexibility index (Phi) is 3.55. The molecule has 0 atom stereocenters. The van der Waals surface area contributed by atoms with Gasteiger partial charge in [-0.3, -0.25) is 4.98 Å². The Balaban J connectivity index is 1.60. The molecular weight excluding hydrogens is 390 g/mol. The van der Waals surface area contributed by atoms with E-state index in [-0.39, 0.29) is 0 Å². The lowest BCUT2D eigenvalue weighted by atomic mass is 10.1. The molecule has 0 aliphatic heterocycles. The first-order chi connectivity index (χ1) is 15.9. The van der Waals surface area contributed by atoms with Gasteiger partial charge in [0.15, 0.2) is 0 Å². The molecule has 0 aliphatic rings. The van der Waals surface area contributed by atoms with Gasteiger partial charge in [-0.2, -0.15) is 0 Å². The Morgan fingerprint density at radius 2 is 1.25 bits per heavy atom. The van der Waals surface area contributed by atoms with Gasteiger partial charge in [0.25, 0.3) is 0 Å². The predicted molar refractivity (Wildman–Crippen MR) is 133 cm³/mol. The number of benzene rings is 4. The summed E-state index contributed by atoms with van der Waals surface area (Å²) in [5.41, 5.74) is 5.91. The molecule has 7 rings (SSSR count). The minimum atomic E-state index is 1.10. The fourth-order valence-corrected chi connectivity index (χ4v) is 5.04. The summed E-state index contributed by atoms with van der Waals surface area (Å²) in [7, 11) is 0. The number of para-hydroxylation sites is 2. The Morgan fingerprint density at radius 1 is 0.531 bits per heavy atom. The van der Waals surface area contributed by atoms with Crippen molar-refractivity contribution in [2.45, 2.75) is 0 Å². The van der Waals surface area contributed by atoms with E-state index in [1.165, 1.54) is 43.8 Å². The van der Waals surface area contributed by atoms with E-state index < -0.39 is 0 Å². The molecule has 150 valence electrons. The number of hydrogen-bond donors (Lipinski definition) is 0. The summed E-state index contributed by atoms with van der Waals surface area (Å²) in [6.45, 7) is 0. The predicted octanol–water partition coefficient (Wildman–Crippen LogP) is 7.28. The molecule has 3 aromatic heterocycles. The molecule has 0 amide bonds. The van der Waals surface area contributed by atoms with Crippen molar-refractivity contribution in [1.82, 2.24) is 14.1 Å². The number of nitrogens with zero attached hydrogens (tertiary/aromatic N) is 3. The van der Waals surface area contributed by atoms with Crippen LogP contribution in [0.25, 0.3) is 54.9 Å². The van der Waals surface area contributed by atoms with Crippen molar-refractivity contribution < 1.29 is 0 Å². The highest BCUT2D eigenvalue weighted by molar-refractivity contribution is 6.21. The third-order valence-electron chi connectivity index (χ3n) is 6.43. The van der Waals surface area contributed by atoms with Gasteiger partial charge >= 0.3 is 0 Å². The first-order valence-corrected chi connectivity index (χ1v) is 10.8. The van der Waals surface area contributed by atoms with Crippen LogP contribution in [0.2, 0.25) is 0 Å².